The summed E-state index contributed by atoms with van der Waals surface area (Å²) in [5.74, 6) is -0.891. The zero-order chi connectivity index (χ0) is 15.6. The van der Waals surface area contributed by atoms with Gasteiger partial charge in [0.2, 0.25) is 0 Å². The predicted octanol–water partition coefficient (Wildman–Crippen LogP) is 2.49. The molecular formula is C15H18ClNO4. The van der Waals surface area contributed by atoms with Crippen LogP contribution in [-0.4, -0.2) is 40.6 Å². The van der Waals surface area contributed by atoms with Gasteiger partial charge in [-0.1, -0.05) is 17.7 Å². The number of amides is 1. The first-order valence-electron chi connectivity index (χ1n) is 6.77. The van der Waals surface area contributed by atoms with Crippen LogP contribution in [0.4, 0.5) is 0 Å². The van der Waals surface area contributed by atoms with Crippen molar-refractivity contribution in [2.45, 2.75) is 32.2 Å². The number of aliphatic carboxylic acids is 1. The largest absolute Gasteiger partial charge is 0.482 e. The van der Waals surface area contributed by atoms with Crippen LogP contribution < -0.4 is 4.74 Å². The molecule has 1 unspecified atom stereocenters. The lowest BCUT2D eigenvalue weighted by Gasteiger charge is -2.31. The van der Waals surface area contributed by atoms with E-state index < -0.39 is 11.5 Å². The number of benzene rings is 1. The Hall–Kier alpha value is -1.75. The highest BCUT2D eigenvalue weighted by molar-refractivity contribution is 6.32. The van der Waals surface area contributed by atoms with Gasteiger partial charge in [0.1, 0.15) is 11.3 Å². The second-order valence-corrected chi connectivity index (χ2v) is 5.86. The van der Waals surface area contributed by atoms with Gasteiger partial charge in [0.15, 0.2) is 6.61 Å². The molecule has 0 aliphatic carbocycles. The number of rotatable bonds is 4. The maximum atomic E-state index is 12.2. The molecule has 0 spiro atoms. The molecule has 1 aliphatic rings. The summed E-state index contributed by atoms with van der Waals surface area (Å²) in [6.07, 6.45) is 1.14. The predicted molar refractivity (Wildman–Crippen MR) is 78.7 cm³/mol. The highest BCUT2D eigenvalue weighted by Crippen LogP contribution is 2.30. The summed E-state index contributed by atoms with van der Waals surface area (Å²) in [5.41, 5.74) is -0.171. The highest BCUT2D eigenvalue weighted by atomic mass is 35.5. The van der Waals surface area contributed by atoms with Crippen molar-refractivity contribution in [3.63, 3.8) is 0 Å². The number of likely N-dealkylation sites (tertiary alicyclic amines) is 1. The van der Waals surface area contributed by atoms with E-state index in [1.54, 1.807) is 19.1 Å². The quantitative estimate of drug-likeness (QED) is 0.927. The molecule has 0 aromatic heterocycles. The molecule has 1 saturated heterocycles. The topological polar surface area (TPSA) is 66.8 Å². The highest BCUT2D eigenvalue weighted by Gasteiger charge is 2.45. The van der Waals surface area contributed by atoms with E-state index >= 15 is 0 Å². The standard InChI is InChI=1S/C15H18ClNO4/c1-10-4-5-11(16)12(8-10)21-9-13(18)17-7-3-6-15(17,2)14(19)20/h4-5,8H,3,6-7,9H2,1-2H3,(H,19,20). The Balaban J connectivity index is 2.05. The normalized spacial score (nSPS) is 21.4. The summed E-state index contributed by atoms with van der Waals surface area (Å²) >= 11 is 6.00. The Kier molecular flexibility index (Phi) is 4.42. The molecule has 0 bridgehead atoms. The van der Waals surface area contributed by atoms with Crippen LogP contribution in [0.1, 0.15) is 25.3 Å². The Bertz CT molecular complexity index is 575. The third-order valence-electron chi connectivity index (χ3n) is 3.84. The van der Waals surface area contributed by atoms with Crippen molar-refractivity contribution in [1.82, 2.24) is 4.90 Å². The van der Waals surface area contributed by atoms with E-state index in [1.807, 2.05) is 13.0 Å². The van der Waals surface area contributed by atoms with Gasteiger partial charge in [-0.05, 0) is 44.4 Å². The van der Waals surface area contributed by atoms with Gasteiger partial charge in [0.05, 0.1) is 5.02 Å². The van der Waals surface area contributed by atoms with Crippen LogP contribution in [0.3, 0.4) is 0 Å². The summed E-state index contributed by atoms with van der Waals surface area (Å²) in [4.78, 5) is 25.0. The van der Waals surface area contributed by atoms with E-state index in [2.05, 4.69) is 0 Å². The van der Waals surface area contributed by atoms with Crippen molar-refractivity contribution in [2.75, 3.05) is 13.2 Å². The van der Waals surface area contributed by atoms with Crippen LogP contribution in [-0.2, 0) is 9.59 Å². The monoisotopic (exact) mass is 311 g/mol. The lowest BCUT2D eigenvalue weighted by molar-refractivity contribution is -0.156. The van der Waals surface area contributed by atoms with Crippen molar-refractivity contribution in [3.05, 3.63) is 28.8 Å². The zero-order valence-corrected chi connectivity index (χ0v) is 12.8. The molecule has 1 N–H and O–H groups in total. The van der Waals surface area contributed by atoms with Gasteiger partial charge in [-0.2, -0.15) is 0 Å². The van der Waals surface area contributed by atoms with Crippen molar-refractivity contribution in [2.24, 2.45) is 0 Å². The first-order valence-corrected chi connectivity index (χ1v) is 7.15. The fourth-order valence-electron chi connectivity index (χ4n) is 2.52. The summed E-state index contributed by atoms with van der Waals surface area (Å²) in [6, 6.07) is 5.29. The van der Waals surface area contributed by atoms with Crippen LogP contribution >= 0.6 is 11.6 Å². The van der Waals surface area contributed by atoms with Crippen LogP contribution in [0, 0.1) is 6.92 Å². The van der Waals surface area contributed by atoms with Gasteiger partial charge in [0, 0.05) is 6.54 Å². The van der Waals surface area contributed by atoms with E-state index in [1.165, 1.54) is 4.90 Å². The Labute approximate surface area is 128 Å². The average molecular weight is 312 g/mol. The van der Waals surface area contributed by atoms with Gasteiger partial charge in [-0.15, -0.1) is 0 Å². The number of ether oxygens (including phenoxy) is 1. The van der Waals surface area contributed by atoms with Gasteiger partial charge < -0.3 is 14.7 Å². The molecular weight excluding hydrogens is 294 g/mol. The van der Waals surface area contributed by atoms with Gasteiger partial charge in [0.25, 0.3) is 5.91 Å². The molecule has 1 atom stereocenters. The number of hydrogen-bond donors (Lipinski definition) is 1. The Morgan fingerprint density at radius 3 is 2.86 bits per heavy atom. The van der Waals surface area contributed by atoms with Crippen molar-refractivity contribution in [1.29, 1.82) is 0 Å². The van der Waals surface area contributed by atoms with E-state index in [9.17, 15) is 14.7 Å². The summed E-state index contributed by atoms with van der Waals surface area (Å²) < 4.78 is 5.45. The molecule has 1 fully saturated rings. The van der Waals surface area contributed by atoms with Crippen LogP contribution in [0.5, 0.6) is 5.75 Å². The summed E-state index contributed by atoms with van der Waals surface area (Å²) in [6.45, 7) is 3.69. The molecule has 1 heterocycles. The average Bonchev–Trinajstić information content (AvgIpc) is 2.83. The molecule has 6 heteroatoms. The third-order valence-corrected chi connectivity index (χ3v) is 4.15. The molecule has 1 aromatic rings. The minimum atomic E-state index is -1.14. The first-order chi connectivity index (χ1) is 9.84. The molecule has 21 heavy (non-hydrogen) atoms. The number of halogens is 1. The van der Waals surface area contributed by atoms with Crippen LogP contribution in [0.2, 0.25) is 5.02 Å². The third kappa shape index (κ3) is 3.13. The number of aryl methyl sites for hydroxylation is 1. The maximum Gasteiger partial charge on any atom is 0.329 e. The van der Waals surface area contributed by atoms with E-state index in [0.717, 1.165) is 5.56 Å². The number of carboxylic acids is 1. The lowest BCUT2D eigenvalue weighted by atomic mass is 9.99. The Morgan fingerprint density at radius 2 is 2.19 bits per heavy atom. The molecule has 2 rings (SSSR count). The lowest BCUT2D eigenvalue weighted by Crippen LogP contribution is -2.52. The van der Waals surface area contributed by atoms with Crippen LogP contribution in [0.25, 0.3) is 0 Å². The number of carbonyl (C=O) groups excluding carboxylic acids is 1. The van der Waals surface area contributed by atoms with E-state index in [4.69, 9.17) is 16.3 Å². The SMILES string of the molecule is Cc1ccc(Cl)c(OCC(=O)N2CCCC2(C)C(=O)O)c1. The number of hydrogen-bond acceptors (Lipinski definition) is 3. The van der Waals surface area contributed by atoms with Gasteiger partial charge >= 0.3 is 5.97 Å². The van der Waals surface area contributed by atoms with E-state index in [0.29, 0.717) is 30.2 Å². The molecule has 1 amide bonds. The van der Waals surface area contributed by atoms with Gasteiger partial charge in [-0.3, -0.25) is 4.79 Å². The van der Waals surface area contributed by atoms with Crippen molar-refractivity contribution < 1.29 is 19.4 Å². The molecule has 0 radical (unpaired) electrons. The molecule has 114 valence electrons. The molecule has 0 saturated carbocycles. The summed E-state index contributed by atoms with van der Waals surface area (Å²) in [5, 5.41) is 9.73. The molecule has 1 aliphatic heterocycles. The minimum absolute atomic E-state index is 0.216. The van der Waals surface area contributed by atoms with Crippen LogP contribution in [0.15, 0.2) is 18.2 Å². The number of carbonyl (C=O) groups is 2. The van der Waals surface area contributed by atoms with Crippen molar-refractivity contribution in [3.8, 4) is 5.75 Å². The zero-order valence-electron chi connectivity index (χ0n) is 12.1. The second-order valence-electron chi connectivity index (χ2n) is 5.45. The van der Waals surface area contributed by atoms with E-state index in [-0.39, 0.29) is 12.5 Å². The fraction of sp³-hybridized carbons (Fsp3) is 0.467. The Morgan fingerprint density at radius 1 is 1.48 bits per heavy atom. The first kappa shape index (κ1) is 15.6. The summed E-state index contributed by atoms with van der Waals surface area (Å²) in [7, 11) is 0. The maximum absolute atomic E-state index is 12.2. The van der Waals surface area contributed by atoms with Crippen molar-refractivity contribution >= 4 is 23.5 Å². The second kappa shape index (κ2) is 5.93. The molecule has 1 aromatic carbocycles. The number of carboxylic acid groups (broad SMARTS) is 1. The fourth-order valence-corrected chi connectivity index (χ4v) is 2.70. The van der Waals surface area contributed by atoms with Gasteiger partial charge in [-0.25, -0.2) is 4.79 Å². The minimum Gasteiger partial charge on any atom is -0.482 e. The number of nitrogens with zero attached hydrogens (tertiary/aromatic N) is 1. The molecule has 5 nitrogen and oxygen atoms in total. The smallest absolute Gasteiger partial charge is 0.329 e.